The van der Waals surface area contributed by atoms with E-state index in [9.17, 15) is 0 Å². The van der Waals surface area contributed by atoms with Crippen molar-refractivity contribution in [2.24, 2.45) is 0 Å². The predicted octanol–water partition coefficient (Wildman–Crippen LogP) is 3.48. The van der Waals surface area contributed by atoms with Gasteiger partial charge in [-0.3, -0.25) is 9.78 Å². The third-order valence-corrected chi connectivity index (χ3v) is 2.55. The molecule has 0 fully saturated rings. The molecule has 0 radical (unpaired) electrons. The fraction of sp³-hybridized carbons (Fsp3) is 0.0667. The summed E-state index contributed by atoms with van der Waals surface area (Å²) in [7, 11) is 0. The molecule has 0 atom stereocenters. The quantitative estimate of drug-likeness (QED) is 0.611. The number of nitrogens with zero attached hydrogens (tertiary/aromatic N) is 1. The third kappa shape index (κ3) is 2.63. The molecule has 3 rings (SSSR count). The molecule has 0 unspecified atom stereocenters. The van der Waals surface area contributed by atoms with Crippen LogP contribution in [0.3, 0.4) is 0 Å². The summed E-state index contributed by atoms with van der Waals surface area (Å²) >= 11 is 0. The Hall–Kier alpha value is -2.42. The molecule has 0 aliphatic heterocycles. The third-order valence-electron chi connectivity index (χ3n) is 2.55. The molecule has 90 valence electrons. The first-order chi connectivity index (χ1) is 8.68. The van der Waals surface area contributed by atoms with E-state index in [4.69, 9.17) is 9.90 Å². The van der Waals surface area contributed by atoms with Crippen LogP contribution < -0.4 is 0 Å². The summed E-state index contributed by atoms with van der Waals surface area (Å²) in [6, 6.07) is 14.7. The Kier molecular flexibility index (Phi) is 3.53. The highest BCUT2D eigenvalue weighted by Gasteiger charge is 1.97. The Morgan fingerprint density at radius 3 is 2.33 bits per heavy atom. The zero-order chi connectivity index (χ0) is 13.0. The van der Waals surface area contributed by atoms with E-state index in [2.05, 4.69) is 41.4 Å². The minimum absolute atomic E-state index is 0.833. The highest BCUT2D eigenvalue weighted by Crippen LogP contribution is 2.23. The van der Waals surface area contributed by atoms with Crippen molar-refractivity contribution in [3.8, 4) is 0 Å². The maximum atomic E-state index is 9.00. The second kappa shape index (κ2) is 5.27. The van der Waals surface area contributed by atoms with Crippen LogP contribution in [0.5, 0.6) is 0 Å². The molecule has 0 bridgehead atoms. The molecular weight excluding hydrogens is 226 g/mol. The fourth-order valence-corrected chi connectivity index (χ4v) is 1.84. The number of benzene rings is 2. The molecule has 0 saturated heterocycles. The summed E-state index contributed by atoms with van der Waals surface area (Å²) in [4.78, 5) is 13.2. The van der Waals surface area contributed by atoms with E-state index in [1.165, 1.54) is 21.5 Å². The van der Waals surface area contributed by atoms with E-state index in [-0.39, 0.29) is 0 Å². The Morgan fingerprint density at radius 2 is 1.61 bits per heavy atom. The second-order valence-electron chi connectivity index (χ2n) is 3.90. The smallest absolute Gasteiger partial charge is 0.300 e. The molecule has 1 aromatic heterocycles. The molecule has 1 heterocycles. The number of hydrogen-bond acceptors (Lipinski definition) is 2. The van der Waals surface area contributed by atoms with Crippen molar-refractivity contribution in [1.29, 1.82) is 0 Å². The van der Waals surface area contributed by atoms with Gasteiger partial charge in [0, 0.05) is 24.7 Å². The number of pyridine rings is 1. The molecule has 3 aromatic rings. The summed E-state index contributed by atoms with van der Waals surface area (Å²) in [6.07, 6.45) is 3.76. The van der Waals surface area contributed by atoms with Gasteiger partial charge in [0.25, 0.3) is 5.97 Å². The summed E-state index contributed by atoms with van der Waals surface area (Å²) < 4.78 is 0. The average Bonchev–Trinajstić information content (AvgIpc) is 2.38. The number of carbonyl (C=O) groups is 1. The van der Waals surface area contributed by atoms with Crippen molar-refractivity contribution >= 4 is 27.5 Å². The van der Waals surface area contributed by atoms with Gasteiger partial charge < -0.3 is 5.11 Å². The van der Waals surface area contributed by atoms with Gasteiger partial charge >= 0.3 is 0 Å². The number of aliphatic carboxylic acids is 1. The molecule has 0 spiro atoms. The lowest BCUT2D eigenvalue weighted by atomic mass is 10.0. The first-order valence-corrected chi connectivity index (χ1v) is 5.59. The summed E-state index contributed by atoms with van der Waals surface area (Å²) in [5.41, 5.74) is 0. The van der Waals surface area contributed by atoms with Crippen LogP contribution in [0.2, 0.25) is 0 Å². The van der Waals surface area contributed by atoms with Gasteiger partial charge in [0.05, 0.1) is 0 Å². The second-order valence-corrected chi connectivity index (χ2v) is 3.90. The summed E-state index contributed by atoms with van der Waals surface area (Å²) in [6.45, 7) is 1.08. The van der Waals surface area contributed by atoms with E-state index in [1.54, 1.807) is 0 Å². The topological polar surface area (TPSA) is 50.2 Å². The molecule has 3 heteroatoms. The normalized spacial score (nSPS) is 9.83. The zero-order valence-corrected chi connectivity index (χ0v) is 10.00. The van der Waals surface area contributed by atoms with E-state index in [0.717, 1.165) is 6.92 Å². The van der Waals surface area contributed by atoms with Crippen LogP contribution in [0.25, 0.3) is 21.5 Å². The fourth-order valence-electron chi connectivity index (χ4n) is 1.84. The van der Waals surface area contributed by atoms with E-state index < -0.39 is 5.97 Å². The van der Waals surface area contributed by atoms with Crippen LogP contribution in [0.1, 0.15) is 6.92 Å². The minimum atomic E-state index is -0.833. The molecule has 0 saturated carbocycles. The summed E-state index contributed by atoms with van der Waals surface area (Å²) in [5.74, 6) is -0.833. The summed E-state index contributed by atoms with van der Waals surface area (Å²) in [5, 5.41) is 12.4. The maximum Gasteiger partial charge on any atom is 0.300 e. The van der Waals surface area contributed by atoms with Gasteiger partial charge in [0.1, 0.15) is 0 Å². The predicted molar refractivity (Wildman–Crippen MR) is 72.6 cm³/mol. The van der Waals surface area contributed by atoms with Gasteiger partial charge in [-0.25, -0.2) is 0 Å². The number of fused-ring (bicyclic) bond motifs is 3. The Bertz CT molecular complexity index is 633. The lowest BCUT2D eigenvalue weighted by Crippen LogP contribution is -1.78. The van der Waals surface area contributed by atoms with Crippen LogP contribution >= 0.6 is 0 Å². The molecule has 1 N–H and O–H groups in total. The zero-order valence-electron chi connectivity index (χ0n) is 10.00. The lowest BCUT2D eigenvalue weighted by molar-refractivity contribution is -0.134. The van der Waals surface area contributed by atoms with E-state index >= 15 is 0 Å². The molecule has 3 nitrogen and oxygen atoms in total. The molecule has 18 heavy (non-hydrogen) atoms. The van der Waals surface area contributed by atoms with Gasteiger partial charge in [0.15, 0.2) is 0 Å². The SMILES string of the molecule is CC(=O)O.c1ccc2c(c1)ccc1ccncc12. The molecule has 0 aliphatic rings. The Balaban J connectivity index is 0.000000267. The van der Waals surface area contributed by atoms with Crippen LogP contribution in [0.4, 0.5) is 0 Å². The Morgan fingerprint density at radius 1 is 1.00 bits per heavy atom. The van der Waals surface area contributed by atoms with Gasteiger partial charge in [-0.05, 0) is 22.2 Å². The number of hydrogen-bond donors (Lipinski definition) is 1. The van der Waals surface area contributed by atoms with Gasteiger partial charge in [-0.2, -0.15) is 0 Å². The number of carboxylic acid groups (broad SMARTS) is 1. The molecule has 2 aromatic carbocycles. The van der Waals surface area contributed by atoms with Crippen molar-refractivity contribution in [2.75, 3.05) is 0 Å². The largest absolute Gasteiger partial charge is 0.481 e. The molecular formula is C15H13NO2. The van der Waals surface area contributed by atoms with Crippen molar-refractivity contribution in [1.82, 2.24) is 4.98 Å². The van der Waals surface area contributed by atoms with Crippen molar-refractivity contribution in [3.63, 3.8) is 0 Å². The number of rotatable bonds is 0. The first-order valence-electron chi connectivity index (χ1n) is 5.59. The monoisotopic (exact) mass is 239 g/mol. The van der Waals surface area contributed by atoms with Gasteiger partial charge in [0.2, 0.25) is 0 Å². The van der Waals surface area contributed by atoms with Gasteiger partial charge in [-0.1, -0.05) is 36.4 Å². The Labute approximate surface area is 105 Å². The van der Waals surface area contributed by atoms with Crippen LogP contribution in [-0.4, -0.2) is 16.1 Å². The average molecular weight is 239 g/mol. The number of aromatic nitrogens is 1. The van der Waals surface area contributed by atoms with Crippen molar-refractivity contribution in [3.05, 3.63) is 54.9 Å². The minimum Gasteiger partial charge on any atom is -0.481 e. The highest BCUT2D eigenvalue weighted by molar-refractivity contribution is 6.06. The maximum absolute atomic E-state index is 9.00. The van der Waals surface area contributed by atoms with Crippen LogP contribution in [-0.2, 0) is 4.79 Å². The molecule has 0 aliphatic carbocycles. The standard InChI is InChI=1S/C13H9N.C2H4O2/c1-2-4-12-10(3-1)5-6-11-7-8-14-9-13(11)12;1-2(3)4/h1-9H;1H3,(H,3,4). The molecule has 0 amide bonds. The lowest BCUT2D eigenvalue weighted by Gasteiger charge is -2.01. The first kappa shape index (κ1) is 12.0. The van der Waals surface area contributed by atoms with Crippen LogP contribution in [0, 0.1) is 0 Å². The van der Waals surface area contributed by atoms with E-state index in [0.29, 0.717) is 0 Å². The highest BCUT2D eigenvalue weighted by atomic mass is 16.4. The van der Waals surface area contributed by atoms with Crippen molar-refractivity contribution in [2.45, 2.75) is 6.92 Å². The van der Waals surface area contributed by atoms with Crippen LogP contribution in [0.15, 0.2) is 54.9 Å². The number of carboxylic acids is 1. The van der Waals surface area contributed by atoms with E-state index in [1.807, 2.05) is 18.5 Å². The van der Waals surface area contributed by atoms with Gasteiger partial charge in [-0.15, -0.1) is 0 Å². The van der Waals surface area contributed by atoms with Crippen molar-refractivity contribution < 1.29 is 9.90 Å².